The van der Waals surface area contributed by atoms with Crippen molar-refractivity contribution in [1.82, 2.24) is 20.1 Å². The first kappa shape index (κ1) is 23.6. The van der Waals surface area contributed by atoms with E-state index < -0.39 is 6.04 Å². The van der Waals surface area contributed by atoms with Crippen molar-refractivity contribution in [2.75, 3.05) is 24.8 Å². The average Bonchev–Trinajstić information content (AvgIpc) is 3.17. The Kier molecular flexibility index (Phi) is 8.09. The molecule has 9 nitrogen and oxygen atoms in total. The number of rotatable bonds is 9. The van der Waals surface area contributed by atoms with E-state index in [1.165, 1.54) is 11.8 Å². The molecule has 0 radical (unpaired) electrons. The summed E-state index contributed by atoms with van der Waals surface area (Å²) in [5, 5.41) is 24.5. The van der Waals surface area contributed by atoms with Gasteiger partial charge in [-0.25, -0.2) is 0 Å². The van der Waals surface area contributed by atoms with Crippen molar-refractivity contribution in [1.29, 1.82) is 0 Å². The molecule has 3 rings (SSSR count). The third-order valence-corrected chi connectivity index (χ3v) is 5.75. The van der Waals surface area contributed by atoms with Gasteiger partial charge < -0.3 is 25.0 Å². The molecule has 168 valence electrons. The van der Waals surface area contributed by atoms with Gasteiger partial charge in [-0.15, -0.1) is 10.2 Å². The molecule has 0 unspecified atom stereocenters. The number of methoxy groups -OCH3 is 1. The number of benzene rings is 2. The number of nitrogens with one attached hydrogen (secondary N) is 2. The van der Waals surface area contributed by atoms with E-state index in [1.807, 2.05) is 0 Å². The van der Waals surface area contributed by atoms with Crippen molar-refractivity contribution in [3.63, 3.8) is 0 Å². The van der Waals surface area contributed by atoms with Gasteiger partial charge in [0.15, 0.2) is 11.0 Å². The van der Waals surface area contributed by atoms with Crippen molar-refractivity contribution in [3.05, 3.63) is 64.9 Å². The minimum atomic E-state index is -0.764. The van der Waals surface area contributed by atoms with Crippen LogP contribution in [0.4, 0.5) is 5.69 Å². The monoisotopic (exact) mass is 475 g/mol. The molecule has 32 heavy (non-hydrogen) atoms. The Morgan fingerprint density at radius 3 is 2.47 bits per heavy atom. The minimum Gasteiger partial charge on any atom is -0.497 e. The number of hydrogen-bond acceptors (Lipinski definition) is 7. The van der Waals surface area contributed by atoms with Gasteiger partial charge in [0.05, 0.1) is 19.5 Å². The predicted molar refractivity (Wildman–Crippen MR) is 122 cm³/mol. The zero-order valence-electron chi connectivity index (χ0n) is 17.4. The van der Waals surface area contributed by atoms with Crippen LogP contribution in [0.1, 0.15) is 22.2 Å². The van der Waals surface area contributed by atoms with Gasteiger partial charge >= 0.3 is 0 Å². The number of anilines is 1. The Balaban J connectivity index is 1.60. The van der Waals surface area contributed by atoms with Gasteiger partial charge in [-0.1, -0.05) is 23.4 Å². The quantitative estimate of drug-likeness (QED) is 0.407. The van der Waals surface area contributed by atoms with Gasteiger partial charge in [-0.3, -0.25) is 9.59 Å². The Morgan fingerprint density at radius 2 is 1.84 bits per heavy atom. The van der Waals surface area contributed by atoms with Crippen LogP contribution in [0.2, 0.25) is 5.02 Å². The number of amides is 2. The van der Waals surface area contributed by atoms with Gasteiger partial charge in [-0.05, 0) is 48.5 Å². The molecule has 3 N–H and O–H groups in total. The van der Waals surface area contributed by atoms with Gasteiger partial charge in [0.1, 0.15) is 11.8 Å². The van der Waals surface area contributed by atoms with Crippen LogP contribution < -0.4 is 15.4 Å². The molecule has 3 aromatic rings. The maximum atomic E-state index is 12.5. The molecule has 11 heteroatoms. The van der Waals surface area contributed by atoms with Crippen LogP contribution in [-0.2, 0) is 11.8 Å². The summed E-state index contributed by atoms with van der Waals surface area (Å²) in [4.78, 5) is 24.7. The fourth-order valence-electron chi connectivity index (χ4n) is 2.79. The number of carbonyl (C=O) groups is 2. The normalized spacial score (nSPS) is 11.6. The molecule has 0 saturated heterocycles. The van der Waals surface area contributed by atoms with Crippen LogP contribution >= 0.6 is 23.4 Å². The van der Waals surface area contributed by atoms with E-state index in [-0.39, 0.29) is 24.2 Å². The smallest absolute Gasteiger partial charge is 0.251 e. The fraction of sp³-hybridized carbons (Fsp3) is 0.238. The van der Waals surface area contributed by atoms with Gasteiger partial charge in [0, 0.05) is 23.3 Å². The van der Waals surface area contributed by atoms with E-state index in [9.17, 15) is 14.7 Å². The SMILES string of the molecule is COc1ccc(C(=O)N[C@@H](CO)c2nnc(SCC(=O)Nc3ccc(Cl)cc3)n2C)cc1. The molecular weight excluding hydrogens is 454 g/mol. The van der Waals surface area contributed by atoms with Crippen LogP contribution in [0.5, 0.6) is 5.75 Å². The first-order valence-corrected chi connectivity index (χ1v) is 10.9. The van der Waals surface area contributed by atoms with Crippen molar-refractivity contribution in [3.8, 4) is 5.75 Å². The highest BCUT2D eigenvalue weighted by Gasteiger charge is 2.22. The Labute approximate surface area is 194 Å². The van der Waals surface area contributed by atoms with Crippen LogP contribution in [0.25, 0.3) is 0 Å². The van der Waals surface area contributed by atoms with E-state index in [1.54, 1.807) is 67.3 Å². The molecule has 0 saturated carbocycles. The van der Waals surface area contributed by atoms with Crippen molar-refractivity contribution < 1.29 is 19.4 Å². The van der Waals surface area contributed by atoms with Gasteiger partial charge in [0.2, 0.25) is 5.91 Å². The Bertz CT molecular complexity index is 1070. The predicted octanol–water partition coefficient (Wildman–Crippen LogP) is 2.67. The van der Waals surface area contributed by atoms with E-state index >= 15 is 0 Å². The second-order valence-electron chi connectivity index (χ2n) is 6.68. The molecule has 0 aliphatic carbocycles. The third kappa shape index (κ3) is 6.00. The zero-order valence-corrected chi connectivity index (χ0v) is 19.0. The molecule has 0 spiro atoms. The minimum absolute atomic E-state index is 0.108. The maximum absolute atomic E-state index is 12.5. The molecule has 0 aliphatic rings. The Hall–Kier alpha value is -3.08. The topological polar surface area (TPSA) is 118 Å². The standard InChI is InChI=1S/C21H22ClN5O4S/c1-27-19(17(11-28)24-20(30)13-3-9-16(31-2)10-4-13)25-26-21(27)32-12-18(29)23-15-7-5-14(22)6-8-15/h3-10,17,28H,11-12H2,1-2H3,(H,23,29)(H,24,30)/t17-/m0/s1. The summed E-state index contributed by atoms with van der Waals surface area (Å²) in [6.45, 7) is -0.365. The van der Waals surface area contributed by atoms with Crippen LogP contribution in [-0.4, -0.2) is 51.2 Å². The largest absolute Gasteiger partial charge is 0.497 e. The molecule has 0 aliphatic heterocycles. The third-order valence-electron chi connectivity index (χ3n) is 4.48. The van der Waals surface area contributed by atoms with Crippen molar-refractivity contribution in [2.24, 2.45) is 7.05 Å². The molecule has 2 aromatic carbocycles. The lowest BCUT2D eigenvalue weighted by molar-refractivity contribution is -0.113. The highest BCUT2D eigenvalue weighted by atomic mass is 35.5. The summed E-state index contributed by atoms with van der Waals surface area (Å²) in [6.07, 6.45) is 0. The number of nitrogens with zero attached hydrogens (tertiary/aromatic N) is 3. The lowest BCUT2D eigenvalue weighted by Gasteiger charge is -2.16. The number of ether oxygens (including phenoxy) is 1. The first-order chi connectivity index (χ1) is 15.4. The lowest BCUT2D eigenvalue weighted by Crippen LogP contribution is -2.32. The van der Waals surface area contributed by atoms with E-state index in [4.69, 9.17) is 16.3 Å². The van der Waals surface area contributed by atoms with Crippen LogP contribution in [0.15, 0.2) is 53.7 Å². The molecule has 1 aromatic heterocycles. The fourth-order valence-corrected chi connectivity index (χ4v) is 3.64. The molecule has 1 heterocycles. The molecule has 1 atom stereocenters. The zero-order chi connectivity index (χ0) is 23.1. The summed E-state index contributed by atoms with van der Waals surface area (Å²) in [6, 6.07) is 12.6. The molecule has 0 fully saturated rings. The highest BCUT2D eigenvalue weighted by molar-refractivity contribution is 7.99. The molecular formula is C21H22ClN5O4S. The number of thioether (sulfide) groups is 1. The van der Waals surface area contributed by atoms with Gasteiger partial charge in [-0.2, -0.15) is 0 Å². The summed E-state index contributed by atoms with van der Waals surface area (Å²) < 4.78 is 6.72. The number of aliphatic hydroxyl groups is 1. The molecule has 2 amide bonds. The highest BCUT2D eigenvalue weighted by Crippen LogP contribution is 2.21. The number of aromatic nitrogens is 3. The second-order valence-corrected chi connectivity index (χ2v) is 8.06. The number of halogens is 1. The van der Waals surface area contributed by atoms with Crippen molar-refractivity contribution >= 4 is 40.9 Å². The Morgan fingerprint density at radius 1 is 1.16 bits per heavy atom. The van der Waals surface area contributed by atoms with Gasteiger partial charge in [0.25, 0.3) is 5.91 Å². The van der Waals surface area contributed by atoms with Crippen LogP contribution in [0.3, 0.4) is 0 Å². The maximum Gasteiger partial charge on any atom is 0.251 e. The number of carbonyl (C=O) groups excluding carboxylic acids is 2. The van der Waals surface area contributed by atoms with Crippen molar-refractivity contribution in [2.45, 2.75) is 11.2 Å². The van der Waals surface area contributed by atoms with E-state index in [0.29, 0.717) is 33.0 Å². The summed E-state index contributed by atoms with van der Waals surface area (Å²) in [5.74, 6) is 0.529. The summed E-state index contributed by atoms with van der Waals surface area (Å²) in [7, 11) is 3.25. The second kappa shape index (κ2) is 11.0. The number of aliphatic hydroxyl groups excluding tert-OH is 1. The lowest BCUT2D eigenvalue weighted by atomic mass is 10.2. The average molecular weight is 476 g/mol. The summed E-state index contributed by atoms with van der Waals surface area (Å²) in [5.41, 5.74) is 1.06. The molecule has 0 bridgehead atoms. The van der Waals surface area contributed by atoms with E-state index in [0.717, 1.165) is 0 Å². The summed E-state index contributed by atoms with van der Waals surface area (Å²) >= 11 is 7.03. The van der Waals surface area contributed by atoms with Crippen LogP contribution in [0, 0.1) is 0 Å². The van der Waals surface area contributed by atoms with E-state index in [2.05, 4.69) is 20.8 Å². The first-order valence-electron chi connectivity index (χ1n) is 9.54. The number of hydrogen-bond donors (Lipinski definition) is 3.